The van der Waals surface area contributed by atoms with Gasteiger partial charge < -0.3 is 20.4 Å². The van der Waals surface area contributed by atoms with Crippen LogP contribution in [0.2, 0.25) is 0 Å². The molecule has 1 saturated heterocycles. The first-order valence-corrected chi connectivity index (χ1v) is 6.97. The number of aliphatic hydroxyl groups excluding tert-OH is 1. The lowest BCUT2D eigenvalue weighted by atomic mass is 9.74. The summed E-state index contributed by atoms with van der Waals surface area (Å²) in [5.41, 5.74) is -2.00. The van der Waals surface area contributed by atoms with E-state index in [0.717, 1.165) is 6.42 Å². The van der Waals surface area contributed by atoms with Crippen molar-refractivity contribution in [3.05, 3.63) is 0 Å². The summed E-state index contributed by atoms with van der Waals surface area (Å²) in [6, 6.07) is -0.508. The van der Waals surface area contributed by atoms with Crippen LogP contribution in [-0.2, 0) is 4.79 Å². The SMILES string of the molecule is CC1CCN(C(=O)NC(C)(C)C(C)(C)C(=O)O)C1CO. The van der Waals surface area contributed by atoms with Crippen molar-refractivity contribution in [2.24, 2.45) is 11.3 Å². The zero-order valence-electron chi connectivity index (χ0n) is 12.9. The van der Waals surface area contributed by atoms with Gasteiger partial charge in [0.05, 0.1) is 23.6 Å². The van der Waals surface area contributed by atoms with Gasteiger partial charge in [-0.05, 0) is 40.0 Å². The van der Waals surface area contributed by atoms with Crippen LogP contribution in [0, 0.1) is 11.3 Å². The number of amides is 2. The van der Waals surface area contributed by atoms with E-state index in [1.165, 1.54) is 0 Å². The van der Waals surface area contributed by atoms with Crippen LogP contribution in [0.1, 0.15) is 41.0 Å². The molecule has 0 radical (unpaired) electrons. The first kappa shape index (κ1) is 16.8. The van der Waals surface area contributed by atoms with E-state index in [0.29, 0.717) is 6.54 Å². The van der Waals surface area contributed by atoms with E-state index >= 15 is 0 Å². The number of nitrogens with zero attached hydrogens (tertiary/aromatic N) is 1. The second kappa shape index (κ2) is 5.60. The molecule has 0 spiro atoms. The van der Waals surface area contributed by atoms with Crippen molar-refractivity contribution in [1.82, 2.24) is 10.2 Å². The molecule has 0 aromatic heterocycles. The summed E-state index contributed by atoms with van der Waals surface area (Å²) in [4.78, 5) is 25.3. The normalized spacial score (nSPS) is 23.8. The number of hydrogen-bond donors (Lipinski definition) is 3. The van der Waals surface area contributed by atoms with Crippen molar-refractivity contribution in [3.63, 3.8) is 0 Å². The molecule has 1 fully saturated rings. The van der Waals surface area contributed by atoms with Crippen LogP contribution in [0.15, 0.2) is 0 Å². The summed E-state index contributed by atoms with van der Waals surface area (Å²) < 4.78 is 0. The van der Waals surface area contributed by atoms with Gasteiger partial charge in [-0.1, -0.05) is 6.92 Å². The molecule has 1 aliphatic heterocycles. The molecule has 6 nitrogen and oxygen atoms in total. The molecule has 0 aromatic rings. The summed E-state index contributed by atoms with van der Waals surface area (Å²) in [5, 5.41) is 21.5. The Hall–Kier alpha value is -1.30. The zero-order valence-corrected chi connectivity index (χ0v) is 12.9. The molecule has 1 heterocycles. The fourth-order valence-electron chi connectivity index (χ4n) is 2.30. The molecule has 6 heteroatoms. The van der Waals surface area contributed by atoms with Crippen LogP contribution >= 0.6 is 0 Å². The maximum Gasteiger partial charge on any atom is 0.318 e. The Morgan fingerprint density at radius 1 is 1.30 bits per heavy atom. The monoisotopic (exact) mass is 286 g/mol. The Morgan fingerprint density at radius 3 is 2.30 bits per heavy atom. The number of carbonyl (C=O) groups excluding carboxylic acids is 1. The summed E-state index contributed by atoms with van der Waals surface area (Å²) in [6.07, 6.45) is 0.849. The molecule has 116 valence electrons. The average Bonchev–Trinajstić information content (AvgIpc) is 2.69. The van der Waals surface area contributed by atoms with Gasteiger partial charge in [-0.15, -0.1) is 0 Å². The van der Waals surface area contributed by atoms with Gasteiger partial charge in [-0.25, -0.2) is 4.79 Å². The largest absolute Gasteiger partial charge is 0.481 e. The molecule has 0 aliphatic carbocycles. The van der Waals surface area contributed by atoms with E-state index in [1.807, 2.05) is 6.92 Å². The predicted molar refractivity (Wildman–Crippen MR) is 75.4 cm³/mol. The highest BCUT2D eigenvalue weighted by Gasteiger charge is 2.46. The summed E-state index contributed by atoms with van der Waals surface area (Å²) in [6.45, 7) is 9.09. The molecular weight excluding hydrogens is 260 g/mol. The molecule has 0 saturated carbocycles. The highest BCUT2D eigenvalue weighted by molar-refractivity contribution is 5.80. The number of aliphatic hydroxyl groups is 1. The number of urea groups is 1. The van der Waals surface area contributed by atoms with Crippen molar-refractivity contribution < 1.29 is 19.8 Å². The van der Waals surface area contributed by atoms with E-state index in [9.17, 15) is 19.8 Å². The average molecular weight is 286 g/mol. The van der Waals surface area contributed by atoms with Gasteiger partial charge in [0.1, 0.15) is 0 Å². The van der Waals surface area contributed by atoms with Gasteiger partial charge in [-0.3, -0.25) is 4.79 Å². The molecule has 3 N–H and O–H groups in total. The number of aliphatic carboxylic acids is 1. The minimum absolute atomic E-state index is 0.0721. The van der Waals surface area contributed by atoms with Gasteiger partial charge in [-0.2, -0.15) is 0 Å². The lowest BCUT2D eigenvalue weighted by Gasteiger charge is -2.40. The van der Waals surface area contributed by atoms with Crippen LogP contribution in [0.3, 0.4) is 0 Å². The van der Waals surface area contributed by atoms with Gasteiger partial charge in [0.25, 0.3) is 0 Å². The van der Waals surface area contributed by atoms with E-state index in [2.05, 4.69) is 5.32 Å². The number of likely N-dealkylation sites (tertiary alicyclic amines) is 1. The van der Waals surface area contributed by atoms with Crippen molar-refractivity contribution >= 4 is 12.0 Å². The Bertz CT molecular complexity index is 393. The first-order valence-electron chi connectivity index (χ1n) is 6.97. The third-order valence-corrected chi connectivity index (χ3v) is 4.85. The van der Waals surface area contributed by atoms with Crippen LogP contribution in [0.25, 0.3) is 0 Å². The Labute approximate surface area is 120 Å². The molecule has 2 unspecified atom stereocenters. The lowest BCUT2D eigenvalue weighted by molar-refractivity contribution is -0.150. The Balaban J connectivity index is 2.83. The first-order chi connectivity index (χ1) is 9.04. The third kappa shape index (κ3) is 2.90. The fourth-order valence-corrected chi connectivity index (χ4v) is 2.30. The predicted octanol–water partition coefficient (Wildman–Crippen LogP) is 1.29. The molecule has 1 aliphatic rings. The Kier molecular flexibility index (Phi) is 4.69. The van der Waals surface area contributed by atoms with Gasteiger partial charge in [0.2, 0.25) is 0 Å². The van der Waals surface area contributed by atoms with Crippen LogP contribution in [0.5, 0.6) is 0 Å². The maximum atomic E-state index is 12.4. The quantitative estimate of drug-likeness (QED) is 0.726. The zero-order chi connectivity index (χ0) is 15.7. The van der Waals surface area contributed by atoms with Crippen molar-refractivity contribution in [2.75, 3.05) is 13.2 Å². The summed E-state index contributed by atoms with van der Waals surface area (Å²) >= 11 is 0. The number of carboxylic acids is 1. The fraction of sp³-hybridized carbons (Fsp3) is 0.857. The van der Waals surface area contributed by atoms with Crippen LogP contribution in [0.4, 0.5) is 4.79 Å². The molecule has 2 amide bonds. The summed E-state index contributed by atoms with van der Waals surface area (Å²) in [5.74, 6) is -0.711. The number of carbonyl (C=O) groups is 2. The number of rotatable bonds is 4. The Morgan fingerprint density at radius 2 is 1.85 bits per heavy atom. The number of carboxylic acid groups (broad SMARTS) is 1. The molecule has 20 heavy (non-hydrogen) atoms. The molecule has 1 rings (SSSR count). The smallest absolute Gasteiger partial charge is 0.318 e. The highest BCUT2D eigenvalue weighted by Crippen LogP contribution is 2.32. The van der Waals surface area contributed by atoms with Gasteiger partial charge >= 0.3 is 12.0 Å². The molecular formula is C14H26N2O4. The third-order valence-electron chi connectivity index (χ3n) is 4.85. The van der Waals surface area contributed by atoms with E-state index in [4.69, 9.17) is 0 Å². The van der Waals surface area contributed by atoms with Crippen LogP contribution < -0.4 is 5.32 Å². The van der Waals surface area contributed by atoms with E-state index < -0.39 is 16.9 Å². The minimum Gasteiger partial charge on any atom is -0.481 e. The second-order valence-corrected chi connectivity index (χ2v) is 6.69. The van der Waals surface area contributed by atoms with Crippen molar-refractivity contribution in [3.8, 4) is 0 Å². The standard InChI is InChI=1S/C14H26N2O4/c1-9-6-7-16(10(9)8-17)12(20)15-14(4,5)13(2,3)11(18)19/h9-10,17H,6-8H2,1-5H3,(H,15,20)(H,18,19). The van der Waals surface area contributed by atoms with E-state index in [1.54, 1.807) is 32.6 Å². The molecule has 0 bridgehead atoms. The topological polar surface area (TPSA) is 89.9 Å². The van der Waals surface area contributed by atoms with Crippen molar-refractivity contribution in [1.29, 1.82) is 0 Å². The molecule has 0 aromatic carbocycles. The van der Waals surface area contributed by atoms with Crippen molar-refractivity contribution in [2.45, 2.75) is 52.6 Å². The maximum absolute atomic E-state index is 12.4. The number of hydrogen-bond acceptors (Lipinski definition) is 3. The van der Waals surface area contributed by atoms with E-state index in [-0.39, 0.29) is 24.6 Å². The van der Waals surface area contributed by atoms with Crippen LogP contribution in [-0.4, -0.2) is 51.8 Å². The van der Waals surface area contributed by atoms with Gasteiger partial charge in [0.15, 0.2) is 0 Å². The highest BCUT2D eigenvalue weighted by atomic mass is 16.4. The van der Waals surface area contributed by atoms with Gasteiger partial charge in [0, 0.05) is 6.54 Å². The minimum atomic E-state index is -1.09. The lowest BCUT2D eigenvalue weighted by Crippen LogP contribution is -2.60. The second-order valence-electron chi connectivity index (χ2n) is 6.69. The molecule has 2 atom stereocenters. The summed E-state index contributed by atoms with van der Waals surface area (Å²) in [7, 11) is 0. The number of nitrogens with one attached hydrogen (secondary N) is 1.